The molecule has 2 aromatic carbocycles. The minimum absolute atomic E-state index is 0.0598. The van der Waals surface area contributed by atoms with Crippen molar-refractivity contribution in [2.45, 2.75) is 92.1 Å². The number of nitrogens with one attached hydrogen (secondary N) is 3. The Labute approximate surface area is 415 Å². The first kappa shape index (κ1) is 51.6. The third kappa shape index (κ3) is 12.9. The van der Waals surface area contributed by atoms with Gasteiger partial charge < -0.3 is 30.0 Å². The summed E-state index contributed by atoms with van der Waals surface area (Å²) in [5.41, 5.74) is 7.84. The van der Waals surface area contributed by atoms with E-state index in [0.717, 1.165) is 54.0 Å². The SMILES string of the molecule is Cc1ncsc1-c1ccc(CN2C[C@H](O)C[C@H]2C(=O)NC(=O)[C@@H](NC(=O)COCCOCCOCCNC(=O)C[C@@H]2N=C(c3ccc(Cl)cc3)c3c(sc(C)c3C)-n3c(C)nnc32)C(C)(C)C)cc1. The van der Waals surface area contributed by atoms with E-state index in [1.807, 2.05) is 77.4 Å². The van der Waals surface area contributed by atoms with E-state index in [4.69, 9.17) is 30.8 Å². The third-order valence-corrected chi connectivity index (χ3v) is 14.4. The Kier molecular flexibility index (Phi) is 17.3. The molecule has 17 nitrogen and oxygen atoms in total. The van der Waals surface area contributed by atoms with Gasteiger partial charge in [-0.05, 0) is 68.4 Å². The van der Waals surface area contributed by atoms with Crippen molar-refractivity contribution in [1.29, 1.82) is 0 Å². The standard InChI is InChI=1S/C49H60ClN9O8S2/c1-28-30(3)69-48-41(28)42(33-12-14-35(50)15-13-33)53-37(45-57-56-31(4)59(45)48)23-39(61)51-16-17-65-18-19-66-20-21-67-26-40(62)54-44(49(5,6)7)47(64)55-46(63)38-22-36(60)25-58(38)24-32-8-10-34(11-9-32)43-29(2)52-27-68-43/h8-15,27,36-38,44,60H,16-26H2,1-7H3,(H,51,61)(H,54,62)(H,55,63,64)/t36-,37+,38+,44-/m1/s1. The van der Waals surface area contributed by atoms with Gasteiger partial charge in [0.1, 0.15) is 29.5 Å². The van der Waals surface area contributed by atoms with Crippen molar-refractivity contribution in [2.75, 3.05) is 52.7 Å². The average Bonchev–Trinajstić information content (AvgIpc) is 4.06. The number of rotatable bonds is 20. The Bertz CT molecular complexity index is 2640. The Morgan fingerprint density at radius 3 is 2.26 bits per heavy atom. The number of aromatic nitrogens is 4. The first-order chi connectivity index (χ1) is 33.0. The molecule has 2 aliphatic heterocycles. The van der Waals surface area contributed by atoms with Crippen molar-refractivity contribution < 1.29 is 38.5 Å². The van der Waals surface area contributed by atoms with Gasteiger partial charge in [-0.25, -0.2) is 4.98 Å². The van der Waals surface area contributed by atoms with Crippen LogP contribution in [0.2, 0.25) is 5.02 Å². The summed E-state index contributed by atoms with van der Waals surface area (Å²) < 4.78 is 18.8. The number of aliphatic hydroxyl groups is 1. The summed E-state index contributed by atoms with van der Waals surface area (Å²) in [6.45, 7) is 15.2. The molecule has 1 saturated heterocycles. The molecular formula is C49H60ClN9O8S2. The number of halogens is 1. The number of benzene rings is 2. The lowest BCUT2D eigenvalue weighted by Gasteiger charge is -2.31. The second-order valence-corrected chi connectivity index (χ2v) is 20.7. The minimum Gasteiger partial charge on any atom is -0.392 e. The van der Waals surface area contributed by atoms with E-state index in [2.05, 4.69) is 45.0 Å². The third-order valence-electron chi connectivity index (χ3n) is 12.0. The Balaban J connectivity index is 0.790. The van der Waals surface area contributed by atoms with Gasteiger partial charge in [0.05, 0.1) is 73.4 Å². The van der Waals surface area contributed by atoms with E-state index >= 15 is 0 Å². The highest BCUT2D eigenvalue weighted by molar-refractivity contribution is 7.15. The number of likely N-dealkylation sites (tertiary alicyclic amines) is 1. The number of hydrogen-bond acceptors (Lipinski definition) is 15. The summed E-state index contributed by atoms with van der Waals surface area (Å²) in [5, 5.41) is 29.1. The van der Waals surface area contributed by atoms with Crippen LogP contribution in [-0.2, 0) is 39.9 Å². The predicted octanol–water partition coefficient (Wildman–Crippen LogP) is 5.60. The molecule has 0 saturated carbocycles. The Morgan fingerprint density at radius 1 is 0.899 bits per heavy atom. The molecule has 1 fully saturated rings. The number of ether oxygens (including phenoxy) is 3. The zero-order chi connectivity index (χ0) is 49.4. The maximum atomic E-state index is 13.5. The van der Waals surface area contributed by atoms with Crippen molar-refractivity contribution in [2.24, 2.45) is 10.4 Å². The molecule has 5 aromatic rings. The van der Waals surface area contributed by atoms with Crippen LogP contribution in [0.1, 0.15) is 84.1 Å². The van der Waals surface area contributed by atoms with Crippen molar-refractivity contribution in [3.8, 4) is 15.4 Å². The second kappa shape index (κ2) is 23.1. The van der Waals surface area contributed by atoms with Gasteiger partial charge in [-0.3, -0.25) is 39.0 Å². The highest BCUT2D eigenvalue weighted by atomic mass is 35.5. The van der Waals surface area contributed by atoms with Gasteiger partial charge in [0.2, 0.25) is 23.6 Å². The fourth-order valence-electron chi connectivity index (χ4n) is 8.30. The molecule has 2 aliphatic rings. The lowest BCUT2D eigenvalue weighted by atomic mass is 9.86. The Morgan fingerprint density at radius 2 is 1.58 bits per heavy atom. The smallest absolute Gasteiger partial charge is 0.249 e. The largest absolute Gasteiger partial charge is 0.392 e. The van der Waals surface area contributed by atoms with E-state index < -0.39 is 47.4 Å². The zero-order valence-electron chi connectivity index (χ0n) is 40.0. The van der Waals surface area contributed by atoms with Crippen LogP contribution in [-0.4, -0.2) is 130 Å². The maximum Gasteiger partial charge on any atom is 0.249 e. The van der Waals surface area contributed by atoms with Crippen LogP contribution in [0.5, 0.6) is 0 Å². The summed E-state index contributed by atoms with van der Waals surface area (Å²) in [4.78, 5) is 66.8. The van der Waals surface area contributed by atoms with Crippen LogP contribution < -0.4 is 16.0 Å². The number of imide groups is 1. The van der Waals surface area contributed by atoms with Crippen molar-refractivity contribution in [1.82, 2.24) is 40.6 Å². The number of carbonyl (C=O) groups is 4. The number of nitrogens with zero attached hydrogens (tertiary/aromatic N) is 6. The number of thiophene rings is 1. The van der Waals surface area contributed by atoms with Crippen LogP contribution in [0.15, 0.2) is 59.0 Å². The van der Waals surface area contributed by atoms with E-state index in [9.17, 15) is 24.3 Å². The molecule has 5 heterocycles. The molecule has 0 unspecified atom stereocenters. The summed E-state index contributed by atoms with van der Waals surface area (Å²) in [6.07, 6.45) is -0.485. The minimum atomic E-state index is -1.04. The number of thiazole rings is 1. The molecule has 4 N–H and O–H groups in total. The van der Waals surface area contributed by atoms with Crippen LogP contribution in [0.25, 0.3) is 15.4 Å². The van der Waals surface area contributed by atoms with Gasteiger partial charge in [0.15, 0.2) is 5.82 Å². The molecule has 0 bridgehead atoms. The molecule has 0 radical (unpaired) electrons. The van der Waals surface area contributed by atoms with Crippen LogP contribution in [0.3, 0.4) is 0 Å². The molecule has 368 valence electrons. The molecule has 0 aliphatic carbocycles. The van der Waals surface area contributed by atoms with Crippen molar-refractivity contribution in [3.63, 3.8) is 0 Å². The number of hydrogen-bond donors (Lipinski definition) is 4. The molecule has 4 amide bonds. The predicted molar refractivity (Wildman–Crippen MR) is 265 cm³/mol. The number of β-amino-alcohol motifs (C(OH)–C–C–N with tert-alkyl or cyclic N) is 1. The summed E-state index contributed by atoms with van der Waals surface area (Å²) in [7, 11) is 0. The van der Waals surface area contributed by atoms with E-state index in [-0.39, 0.29) is 71.5 Å². The highest BCUT2D eigenvalue weighted by Gasteiger charge is 2.40. The number of aliphatic imine (C=N–C) groups is 1. The van der Waals surface area contributed by atoms with Crippen molar-refractivity contribution in [3.05, 3.63) is 104 Å². The summed E-state index contributed by atoms with van der Waals surface area (Å²) in [6, 6.07) is 13.2. The molecule has 3 aromatic heterocycles. The highest BCUT2D eigenvalue weighted by Crippen LogP contribution is 2.40. The zero-order valence-corrected chi connectivity index (χ0v) is 42.4. The number of fused-ring (bicyclic) bond motifs is 3. The normalized spacial score (nSPS) is 17.4. The van der Waals surface area contributed by atoms with Crippen LogP contribution in [0, 0.1) is 33.1 Å². The summed E-state index contributed by atoms with van der Waals surface area (Å²) in [5.74, 6) is -0.592. The quantitative estimate of drug-likeness (QED) is 0.0703. The van der Waals surface area contributed by atoms with E-state index in [0.29, 0.717) is 23.2 Å². The molecule has 7 rings (SSSR count). The first-order valence-electron chi connectivity index (χ1n) is 22.9. The van der Waals surface area contributed by atoms with Crippen LogP contribution in [0.4, 0.5) is 0 Å². The summed E-state index contributed by atoms with van der Waals surface area (Å²) >= 11 is 9.45. The lowest BCUT2D eigenvalue weighted by Crippen LogP contribution is -2.57. The second-order valence-electron chi connectivity index (χ2n) is 18.3. The number of aliphatic hydroxyl groups excluding tert-OH is 1. The van der Waals surface area contributed by atoms with Gasteiger partial charge in [0, 0.05) is 40.7 Å². The maximum absolute atomic E-state index is 13.5. The Hall–Kier alpha value is -5.25. The van der Waals surface area contributed by atoms with Gasteiger partial charge in [-0.15, -0.1) is 32.9 Å². The van der Waals surface area contributed by atoms with E-state index in [1.165, 1.54) is 0 Å². The molecular weight excluding hydrogens is 942 g/mol. The topological polar surface area (TPSA) is 211 Å². The lowest BCUT2D eigenvalue weighted by molar-refractivity contribution is -0.139. The number of aryl methyl sites for hydroxylation is 3. The fraction of sp³-hybridized carbons (Fsp3) is 0.469. The van der Waals surface area contributed by atoms with Gasteiger partial charge in [-0.1, -0.05) is 68.8 Å². The average molecular weight is 1000 g/mol. The first-order valence-corrected chi connectivity index (χ1v) is 25.0. The molecule has 0 spiro atoms. The van der Waals surface area contributed by atoms with E-state index in [1.54, 1.807) is 43.4 Å². The van der Waals surface area contributed by atoms with Gasteiger partial charge in [-0.2, -0.15) is 0 Å². The van der Waals surface area contributed by atoms with Gasteiger partial charge >= 0.3 is 0 Å². The molecule has 20 heteroatoms. The number of carbonyl (C=O) groups excluding carboxylic acids is 4. The van der Waals surface area contributed by atoms with Gasteiger partial charge in [0.25, 0.3) is 0 Å². The van der Waals surface area contributed by atoms with Crippen molar-refractivity contribution >= 4 is 63.6 Å². The van der Waals surface area contributed by atoms with Crippen LogP contribution >= 0.6 is 34.3 Å². The monoisotopic (exact) mass is 1000 g/mol. The molecule has 4 atom stereocenters. The fourth-order valence-corrected chi connectivity index (χ4v) is 10.5. The number of amides is 4. The molecule has 69 heavy (non-hydrogen) atoms.